The number of carbonyl (C=O) groups is 2. The number of aryl methyl sites for hydroxylation is 2. The number of benzene rings is 2. The van der Waals surface area contributed by atoms with Gasteiger partial charge in [-0.3, -0.25) is 0 Å². The number of ether oxygens (including phenoxy) is 6. The van der Waals surface area contributed by atoms with Gasteiger partial charge in [-0.15, -0.1) is 0 Å². The van der Waals surface area contributed by atoms with Crippen molar-refractivity contribution in [3.05, 3.63) is 59.7 Å². The molecule has 0 bridgehead atoms. The van der Waals surface area contributed by atoms with Gasteiger partial charge in [0.1, 0.15) is 13.2 Å². The molecule has 8 heteroatoms. The van der Waals surface area contributed by atoms with Crippen molar-refractivity contribution in [1.82, 2.24) is 0 Å². The minimum Gasteiger partial charge on any atom is -0.430 e. The Morgan fingerprint density at radius 1 is 0.647 bits per heavy atom. The van der Waals surface area contributed by atoms with Crippen LogP contribution in [0, 0.1) is 0 Å². The number of cyclic esters (lactones) is 4. The summed E-state index contributed by atoms with van der Waals surface area (Å²) in [5, 5.41) is 0. The standard InChI is InChI=1S/C26H30O8/c27-25-31-17-23(33-25)15-29-13-1-3-19-5-9-21(10-6-19)22-11-7-20(8-12-22)4-2-14-30-16-24-18-32-26(28)34-24/h5-12,23-24H,1-4,13-18H2. The maximum atomic E-state index is 10.9. The highest BCUT2D eigenvalue weighted by molar-refractivity contribution is 5.64. The highest BCUT2D eigenvalue weighted by atomic mass is 16.8. The van der Waals surface area contributed by atoms with Crippen molar-refractivity contribution in [2.75, 3.05) is 39.6 Å². The summed E-state index contributed by atoms with van der Waals surface area (Å²) in [4.78, 5) is 21.7. The Balaban J connectivity index is 1.11. The first-order valence-electron chi connectivity index (χ1n) is 11.7. The predicted octanol–water partition coefficient (Wildman–Crippen LogP) is 4.32. The molecule has 182 valence electrons. The molecule has 0 spiro atoms. The van der Waals surface area contributed by atoms with Crippen molar-refractivity contribution in [3.63, 3.8) is 0 Å². The van der Waals surface area contributed by atoms with Crippen molar-refractivity contribution < 1.29 is 38.0 Å². The Hall–Kier alpha value is -3.10. The summed E-state index contributed by atoms with van der Waals surface area (Å²) in [5.41, 5.74) is 4.90. The Morgan fingerprint density at radius 2 is 1.06 bits per heavy atom. The monoisotopic (exact) mass is 470 g/mol. The van der Waals surface area contributed by atoms with E-state index in [1.165, 1.54) is 22.3 Å². The van der Waals surface area contributed by atoms with Crippen LogP contribution in [0.25, 0.3) is 11.1 Å². The summed E-state index contributed by atoms with van der Waals surface area (Å²) in [6.07, 6.45) is 1.86. The number of rotatable bonds is 13. The van der Waals surface area contributed by atoms with Crippen LogP contribution < -0.4 is 0 Å². The predicted molar refractivity (Wildman–Crippen MR) is 123 cm³/mol. The van der Waals surface area contributed by atoms with Gasteiger partial charge in [0.2, 0.25) is 0 Å². The normalized spacial score (nSPS) is 19.4. The van der Waals surface area contributed by atoms with Gasteiger partial charge in [-0.1, -0.05) is 48.5 Å². The van der Waals surface area contributed by atoms with Crippen LogP contribution >= 0.6 is 0 Å². The van der Waals surface area contributed by atoms with Crippen molar-refractivity contribution in [2.24, 2.45) is 0 Å². The molecule has 2 unspecified atom stereocenters. The van der Waals surface area contributed by atoms with E-state index in [0.29, 0.717) is 26.4 Å². The summed E-state index contributed by atoms with van der Waals surface area (Å²) in [6.45, 7) is 2.52. The highest BCUT2D eigenvalue weighted by Gasteiger charge is 2.25. The Morgan fingerprint density at radius 3 is 1.41 bits per heavy atom. The summed E-state index contributed by atoms with van der Waals surface area (Å²) in [7, 11) is 0. The molecule has 2 heterocycles. The van der Waals surface area contributed by atoms with E-state index in [2.05, 4.69) is 48.5 Å². The molecular weight excluding hydrogens is 440 g/mol. The molecule has 0 aromatic heterocycles. The molecule has 0 radical (unpaired) electrons. The lowest BCUT2D eigenvalue weighted by molar-refractivity contribution is 0.0450. The van der Waals surface area contributed by atoms with Crippen LogP contribution in [0.15, 0.2) is 48.5 Å². The molecule has 4 rings (SSSR count). The average molecular weight is 471 g/mol. The van der Waals surface area contributed by atoms with Crippen molar-refractivity contribution in [1.29, 1.82) is 0 Å². The van der Waals surface area contributed by atoms with E-state index < -0.39 is 12.3 Å². The third-order valence-corrected chi connectivity index (χ3v) is 5.66. The molecule has 0 aliphatic carbocycles. The molecule has 8 nitrogen and oxygen atoms in total. The number of hydrogen-bond acceptors (Lipinski definition) is 8. The SMILES string of the molecule is O=C1OCC(COCCCc2ccc(-c3ccc(CCCOCC4COC(=O)O4)cc3)cc2)O1. The minimum atomic E-state index is -0.615. The first kappa shape index (κ1) is 24.0. The van der Waals surface area contributed by atoms with E-state index in [-0.39, 0.29) is 25.4 Å². The van der Waals surface area contributed by atoms with E-state index in [9.17, 15) is 9.59 Å². The quantitative estimate of drug-likeness (QED) is 0.316. The molecular formula is C26H30O8. The van der Waals surface area contributed by atoms with Crippen molar-refractivity contribution >= 4 is 12.3 Å². The van der Waals surface area contributed by atoms with Crippen LogP contribution in [0.5, 0.6) is 0 Å². The maximum Gasteiger partial charge on any atom is 0.508 e. The summed E-state index contributed by atoms with van der Waals surface area (Å²) in [6, 6.07) is 17.2. The average Bonchev–Trinajstić information content (AvgIpc) is 3.47. The van der Waals surface area contributed by atoms with E-state index in [1.54, 1.807) is 0 Å². The van der Waals surface area contributed by atoms with E-state index >= 15 is 0 Å². The lowest BCUT2D eigenvalue weighted by Gasteiger charge is -2.09. The topological polar surface area (TPSA) is 89.5 Å². The molecule has 34 heavy (non-hydrogen) atoms. The third-order valence-electron chi connectivity index (χ3n) is 5.66. The smallest absolute Gasteiger partial charge is 0.430 e. The van der Waals surface area contributed by atoms with Crippen LogP contribution in [-0.2, 0) is 41.3 Å². The lowest BCUT2D eigenvalue weighted by Crippen LogP contribution is -2.18. The number of carbonyl (C=O) groups excluding carboxylic acids is 2. The Kier molecular flexibility index (Phi) is 8.76. The Bertz CT molecular complexity index is 847. The van der Waals surface area contributed by atoms with Crippen molar-refractivity contribution in [2.45, 2.75) is 37.9 Å². The first-order chi connectivity index (χ1) is 16.7. The second-order valence-electron chi connectivity index (χ2n) is 8.35. The first-order valence-corrected chi connectivity index (χ1v) is 11.7. The molecule has 2 fully saturated rings. The third kappa shape index (κ3) is 7.46. The fourth-order valence-corrected chi connectivity index (χ4v) is 3.81. The van der Waals surface area contributed by atoms with E-state index in [0.717, 1.165) is 25.7 Å². The molecule has 2 aliphatic heterocycles. The van der Waals surface area contributed by atoms with Gasteiger partial charge in [-0.2, -0.15) is 0 Å². The molecule has 0 N–H and O–H groups in total. The van der Waals surface area contributed by atoms with Gasteiger partial charge in [0.25, 0.3) is 0 Å². The zero-order valence-electron chi connectivity index (χ0n) is 19.1. The second-order valence-corrected chi connectivity index (χ2v) is 8.35. The van der Waals surface area contributed by atoms with Crippen molar-refractivity contribution in [3.8, 4) is 11.1 Å². The Labute approximate surface area is 199 Å². The summed E-state index contributed by atoms with van der Waals surface area (Å²) < 4.78 is 30.5. The maximum absolute atomic E-state index is 10.9. The molecule has 2 aromatic rings. The summed E-state index contributed by atoms with van der Waals surface area (Å²) in [5.74, 6) is 0. The molecule has 2 atom stereocenters. The number of hydrogen-bond donors (Lipinski definition) is 0. The van der Waals surface area contributed by atoms with Gasteiger partial charge in [-0.05, 0) is 47.9 Å². The largest absolute Gasteiger partial charge is 0.508 e. The van der Waals surface area contributed by atoms with Gasteiger partial charge < -0.3 is 28.4 Å². The molecule has 2 aromatic carbocycles. The zero-order valence-corrected chi connectivity index (χ0v) is 19.1. The fraction of sp³-hybridized carbons (Fsp3) is 0.462. The zero-order chi connectivity index (χ0) is 23.6. The molecule has 0 amide bonds. The van der Waals surface area contributed by atoms with Gasteiger partial charge >= 0.3 is 12.3 Å². The molecule has 2 saturated heterocycles. The van der Waals surface area contributed by atoms with Crippen LogP contribution in [-0.4, -0.2) is 64.2 Å². The van der Waals surface area contributed by atoms with Gasteiger partial charge in [0, 0.05) is 13.2 Å². The van der Waals surface area contributed by atoms with Gasteiger partial charge in [-0.25, -0.2) is 9.59 Å². The molecule has 0 saturated carbocycles. The van der Waals surface area contributed by atoms with Crippen LogP contribution in [0.3, 0.4) is 0 Å². The lowest BCUT2D eigenvalue weighted by atomic mass is 10.00. The van der Waals surface area contributed by atoms with Crippen LogP contribution in [0.4, 0.5) is 9.59 Å². The second kappa shape index (κ2) is 12.4. The van der Waals surface area contributed by atoms with Gasteiger partial charge in [0.15, 0.2) is 12.2 Å². The van der Waals surface area contributed by atoms with Crippen LogP contribution in [0.1, 0.15) is 24.0 Å². The van der Waals surface area contributed by atoms with Crippen LogP contribution in [0.2, 0.25) is 0 Å². The van der Waals surface area contributed by atoms with Gasteiger partial charge in [0.05, 0.1) is 13.2 Å². The molecule has 2 aliphatic rings. The van der Waals surface area contributed by atoms with E-state index in [1.807, 2.05) is 0 Å². The van der Waals surface area contributed by atoms with E-state index in [4.69, 9.17) is 28.4 Å². The fourth-order valence-electron chi connectivity index (χ4n) is 3.81. The summed E-state index contributed by atoms with van der Waals surface area (Å²) >= 11 is 0. The highest BCUT2D eigenvalue weighted by Crippen LogP contribution is 2.21. The minimum absolute atomic E-state index is 0.270.